The van der Waals surface area contributed by atoms with Crippen LogP contribution in [0.2, 0.25) is 0 Å². The van der Waals surface area contributed by atoms with Crippen LogP contribution in [-0.4, -0.2) is 43.9 Å². The van der Waals surface area contributed by atoms with Crippen LogP contribution in [0.4, 0.5) is 0 Å². The fourth-order valence-corrected chi connectivity index (χ4v) is 4.40. The number of hydrogen-bond donors (Lipinski definition) is 2. The molecule has 120 valence electrons. The van der Waals surface area contributed by atoms with Crippen molar-refractivity contribution in [2.45, 2.75) is 32.7 Å². The Labute approximate surface area is 131 Å². The molecule has 1 saturated heterocycles. The van der Waals surface area contributed by atoms with Crippen LogP contribution in [0.15, 0.2) is 11.6 Å². The maximum absolute atomic E-state index is 12.3. The fourth-order valence-electron chi connectivity index (χ4n) is 2.48. The van der Waals surface area contributed by atoms with E-state index in [9.17, 15) is 8.42 Å². The Kier molecular flexibility index (Phi) is 6.56. The standard InChI is InChI=1S/C13H24N4O2S2/c1-2-5-14-9-12-4-3-7-17(11-12)21(18,19)16-10-13-15-6-8-20-13/h6,8,12,14,16H,2-5,7,9-11H2,1H3. The highest BCUT2D eigenvalue weighted by Crippen LogP contribution is 2.18. The van der Waals surface area contributed by atoms with Crippen molar-refractivity contribution >= 4 is 21.5 Å². The molecule has 1 aromatic heterocycles. The molecular weight excluding hydrogens is 308 g/mol. The molecule has 1 aliphatic heterocycles. The van der Waals surface area contributed by atoms with Gasteiger partial charge < -0.3 is 5.32 Å². The van der Waals surface area contributed by atoms with E-state index in [0.717, 1.165) is 37.4 Å². The minimum absolute atomic E-state index is 0.273. The first-order chi connectivity index (χ1) is 10.1. The van der Waals surface area contributed by atoms with Gasteiger partial charge in [0.05, 0.1) is 6.54 Å². The van der Waals surface area contributed by atoms with Crippen LogP contribution in [0.25, 0.3) is 0 Å². The lowest BCUT2D eigenvalue weighted by molar-refractivity contribution is 0.258. The molecule has 1 atom stereocenters. The first-order valence-corrected chi connectivity index (χ1v) is 9.77. The van der Waals surface area contributed by atoms with E-state index in [1.54, 1.807) is 10.5 Å². The summed E-state index contributed by atoms with van der Waals surface area (Å²) >= 11 is 1.46. The largest absolute Gasteiger partial charge is 0.316 e. The number of rotatable bonds is 8. The van der Waals surface area contributed by atoms with Gasteiger partial charge in [0.25, 0.3) is 10.2 Å². The van der Waals surface area contributed by atoms with Crippen molar-refractivity contribution in [1.82, 2.24) is 19.3 Å². The van der Waals surface area contributed by atoms with Gasteiger partial charge in [0.1, 0.15) is 5.01 Å². The molecule has 1 aromatic rings. The molecule has 0 aliphatic carbocycles. The zero-order valence-corrected chi connectivity index (χ0v) is 14.0. The summed E-state index contributed by atoms with van der Waals surface area (Å²) in [7, 11) is -3.40. The molecular formula is C13H24N4O2S2. The predicted molar refractivity (Wildman–Crippen MR) is 85.3 cm³/mol. The van der Waals surface area contributed by atoms with Crippen molar-refractivity contribution in [3.05, 3.63) is 16.6 Å². The molecule has 2 rings (SSSR count). The lowest BCUT2D eigenvalue weighted by atomic mass is 10.00. The fraction of sp³-hybridized carbons (Fsp3) is 0.769. The minimum Gasteiger partial charge on any atom is -0.316 e. The summed E-state index contributed by atoms with van der Waals surface area (Å²) in [5.74, 6) is 0.404. The molecule has 8 heteroatoms. The second kappa shape index (κ2) is 8.19. The zero-order chi connectivity index (χ0) is 15.1. The van der Waals surface area contributed by atoms with E-state index in [-0.39, 0.29) is 6.54 Å². The molecule has 1 aliphatic rings. The molecule has 1 fully saturated rings. The van der Waals surface area contributed by atoms with Crippen LogP contribution < -0.4 is 10.0 Å². The Morgan fingerprint density at radius 3 is 3.10 bits per heavy atom. The SMILES string of the molecule is CCCNCC1CCCN(S(=O)(=O)NCc2nccs2)C1. The molecule has 6 nitrogen and oxygen atoms in total. The first-order valence-electron chi connectivity index (χ1n) is 7.45. The Balaban J connectivity index is 1.83. The highest BCUT2D eigenvalue weighted by molar-refractivity contribution is 7.87. The molecule has 2 N–H and O–H groups in total. The van der Waals surface area contributed by atoms with Crippen molar-refractivity contribution in [1.29, 1.82) is 0 Å². The van der Waals surface area contributed by atoms with E-state index in [4.69, 9.17) is 0 Å². The quantitative estimate of drug-likeness (QED) is 0.701. The number of thiazole rings is 1. The smallest absolute Gasteiger partial charge is 0.279 e. The average molecular weight is 332 g/mol. The summed E-state index contributed by atoms with van der Waals surface area (Å²) in [6, 6.07) is 0. The summed E-state index contributed by atoms with van der Waals surface area (Å²) in [6.07, 6.45) is 4.81. The summed E-state index contributed by atoms with van der Waals surface area (Å²) in [5, 5.41) is 6.02. The van der Waals surface area contributed by atoms with Gasteiger partial charge in [-0.2, -0.15) is 17.4 Å². The molecule has 0 amide bonds. The second-order valence-electron chi connectivity index (χ2n) is 5.32. The molecule has 1 unspecified atom stereocenters. The van der Waals surface area contributed by atoms with Gasteiger partial charge in [0.15, 0.2) is 0 Å². The van der Waals surface area contributed by atoms with Crippen molar-refractivity contribution in [3.8, 4) is 0 Å². The molecule has 0 aromatic carbocycles. The molecule has 0 bridgehead atoms. The van der Waals surface area contributed by atoms with Crippen LogP contribution >= 0.6 is 11.3 Å². The van der Waals surface area contributed by atoms with Crippen LogP contribution in [0.1, 0.15) is 31.2 Å². The monoisotopic (exact) mass is 332 g/mol. The first kappa shape index (κ1) is 16.8. The predicted octanol–water partition coefficient (Wildman–Crippen LogP) is 1.19. The molecule has 21 heavy (non-hydrogen) atoms. The third-order valence-electron chi connectivity index (χ3n) is 3.57. The third-order valence-corrected chi connectivity index (χ3v) is 5.87. The Hall–Kier alpha value is -0.540. The van der Waals surface area contributed by atoms with Gasteiger partial charge >= 0.3 is 0 Å². The molecule has 0 radical (unpaired) electrons. The van der Waals surface area contributed by atoms with Crippen molar-refractivity contribution in [2.75, 3.05) is 26.2 Å². The Bertz CT molecular complexity index is 504. The van der Waals surface area contributed by atoms with Crippen LogP contribution in [0.5, 0.6) is 0 Å². The van der Waals surface area contributed by atoms with Gasteiger partial charge in [-0.05, 0) is 38.3 Å². The van der Waals surface area contributed by atoms with E-state index in [2.05, 4.69) is 21.9 Å². The summed E-state index contributed by atoms with van der Waals surface area (Å²) < 4.78 is 28.9. The second-order valence-corrected chi connectivity index (χ2v) is 8.06. The summed E-state index contributed by atoms with van der Waals surface area (Å²) in [5.41, 5.74) is 0. The van der Waals surface area contributed by atoms with Crippen molar-refractivity contribution in [3.63, 3.8) is 0 Å². The Morgan fingerprint density at radius 1 is 1.52 bits per heavy atom. The van der Waals surface area contributed by atoms with Crippen molar-refractivity contribution < 1.29 is 8.42 Å². The number of aromatic nitrogens is 1. The van der Waals surface area contributed by atoms with Gasteiger partial charge in [0.2, 0.25) is 0 Å². The van der Waals surface area contributed by atoms with E-state index < -0.39 is 10.2 Å². The Morgan fingerprint density at radius 2 is 2.38 bits per heavy atom. The van der Waals surface area contributed by atoms with Crippen LogP contribution in [0, 0.1) is 5.92 Å². The van der Waals surface area contributed by atoms with Gasteiger partial charge in [-0.15, -0.1) is 11.3 Å². The number of hydrogen-bond acceptors (Lipinski definition) is 5. The lowest BCUT2D eigenvalue weighted by Gasteiger charge is -2.32. The average Bonchev–Trinajstić information content (AvgIpc) is 2.99. The minimum atomic E-state index is -3.40. The van der Waals surface area contributed by atoms with E-state index in [0.29, 0.717) is 19.0 Å². The summed E-state index contributed by atoms with van der Waals surface area (Å²) in [6.45, 7) is 5.50. The van der Waals surface area contributed by atoms with Gasteiger partial charge in [-0.3, -0.25) is 0 Å². The van der Waals surface area contributed by atoms with Gasteiger partial charge in [0, 0.05) is 24.7 Å². The topological polar surface area (TPSA) is 74.3 Å². The van der Waals surface area contributed by atoms with Crippen LogP contribution in [0.3, 0.4) is 0 Å². The van der Waals surface area contributed by atoms with Gasteiger partial charge in [-0.1, -0.05) is 6.92 Å². The highest BCUT2D eigenvalue weighted by Gasteiger charge is 2.28. The van der Waals surface area contributed by atoms with E-state index in [1.807, 2.05) is 5.38 Å². The molecule has 0 spiro atoms. The van der Waals surface area contributed by atoms with Gasteiger partial charge in [-0.25, -0.2) is 4.98 Å². The van der Waals surface area contributed by atoms with Crippen molar-refractivity contribution in [2.24, 2.45) is 5.92 Å². The third kappa shape index (κ3) is 5.30. The van der Waals surface area contributed by atoms with Crippen LogP contribution in [-0.2, 0) is 16.8 Å². The highest BCUT2D eigenvalue weighted by atomic mass is 32.2. The number of nitrogens with one attached hydrogen (secondary N) is 2. The van der Waals surface area contributed by atoms with E-state index >= 15 is 0 Å². The van der Waals surface area contributed by atoms with E-state index in [1.165, 1.54) is 11.3 Å². The maximum atomic E-state index is 12.3. The lowest BCUT2D eigenvalue weighted by Crippen LogP contribution is -2.47. The molecule has 0 saturated carbocycles. The summed E-state index contributed by atoms with van der Waals surface area (Å²) in [4.78, 5) is 4.09. The normalized spacial score (nSPS) is 20.7. The maximum Gasteiger partial charge on any atom is 0.279 e. The molecule has 2 heterocycles. The number of nitrogens with zero attached hydrogens (tertiary/aromatic N) is 2. The zero-order valence-electron chi connectivity index (χ0n) is 12.4. The number of piperidine rings is 1.